The van der Waals surface area contributed by atoms with Crippen molar-refractivity contribution in [2.24, 2.45) is 0 Å². The van der Waals surface area contributed by atoms with Gasteiger partial charge >= 0.3 is 11.9 Å². The van der Waals surface area contributed by atoms with Gasteiger partial charge in [-0.2, -0.15) is 0 Å². The maximum Gasteiger partial charge on any atom is 0.333 e. The van der Waals surface area contributed by atoms with Crippen molar-refractivity contribution in [2.45, 2.75) is 11.3 Å². The number of carboxylic acid groups (broad SMARTS) is 2. The summed E-state index contributed by atoms with van der Waals surface area (Å²) < 4.78 is 12.2. The lowest BCUT2D eigenvalue weighted by molar-refractivity contribution is -0.133. The molecule has 7 heteroatoms. The number of benzene rings is 1. The van der Waals surface area contributed by atoms with Crippen LogP contribution in [0.4, 0.5) is 0 Å². The van der Waals surface area contributed by atoms with Gasteiger partial charge < -0.3 is 19.7 Å². The Balaban J connectivity index is 2.18. The van der Waals surface area contributed by atoms with Crippen LogP contribution in [0, 0.1) is 0 Å². The van der Waals surface area contributed by atoms with Crippen molar-refractivity contribution in [3.05, 3.63) is 53.9 Å². The van der Waals surface area contributed by atoms with Crippen LogP contribution in [-0.4, -0.2) is 37.5 Å². The molecule has 0 fully saturated rings. The minimum Gasteiger partial charge on any atom is -0.610 e. The molecule has 2 rings (SSSR count). The molecule has 21 heavy (non-hydrogen) atoms. The third kappa shape index (κ3) is 3.87. The highest BCUT2D eigenvalue weighted by Crippen LogP contribution is 2.21. The molecule has 0 radical (unpaired) electrons. The van der Waals surface area contributed by atoms with Crippen LogP contribution in [0.1, 0.15) is 6.42 Å². The Kier molecular flexibility index (Phi) is 4.66. The number of carbonyl (C=O) groups is 2. The van der Waals surface area contributed by atoms with Crippen molar-refractivity contribution in [1.82, 2.24) is 4.90 Å². The van der Waals surface area contributed by atoms with Gasteiger partial charge in [0.2, 0.25) is 0 Å². The monoisotopic (exact) mass is 307 g/mol. The van der Waals surface area contributed by atoms with Gasteiger partial charge in [0.1, 0.15) is 0 Å². The molecule has 0 amide bonds. The summed E-state index contributed by atoms with van der Waals surface area (Å²) in [5.41, 5.74) is -0.0834. The number of carboxylic acids is 2. The first kappa shape index (κ1) is 15.1. The third-order valence-electron chi connectivity index (χ3n) is 2.85. The molecule has 1 atom stereocenters. The number of hydrogen-bond acceptors (Lipinski definition) is 4. The van der Waals surface area contributed by atoms with Crippen molar-refractivity contribution >= 4 is 23.1 Å². The van der Waals surface area contributed by atoms with E-state index in [0.717, 1.165) is 0 Å². The molecule has 1 aromatic carbocycles. The zero-order valence-corrected chi connectivity index (χ0v) is 11.7. The molecule has 6 nitrogen and oxygen atoms in total. The largest absolute Gasteiger partial charge is 0.610 e. The lowest BCUT2D eigenvalue weighted by Crippen LogP contribution is -2.26. The summed E-state index contributed by atoms with van der Waals surface area (Å²) in [5.74, 6) is -2.37. The number of aliphatic carboxylic acids is 2. The highest BCUT2D eigenvalue weighted by atomic mass is 32.2. The van der Waals surface area contributed by atoms with Crippen LogP contribution in [0.3, 0.4) is 0 Å². The van der Waals surface area contributed by atoms with E-state index in [1.54, 1.807) is 30.3 Å². The van der Waals surface area contributed by atoms with Crippen molar-refractivity contribution in [3.63, 3.8) is 0 Å². The summed E-state index contributed by atoms with van der Waals surface area (Å²) >= 11 is -1.39. The summed E-state index contributed by atoms with van der Waals surface area (Å²) in [6.45, 7) is 0. The van der Waals surface area contributed by atoms with E-state index in [1.165, 1.54) is 17.3 Å². The van der Waals surface area contributed by atoms with E-state index >= 15 is 0 Å². The van der Waals surface area contributed by atoms with E-state index < -0.39 is 23.1 Å². The van der Waals surface area contributed by atoms with E-state index in [1.807, 2.05) is 0 Å². The van der Waals surface area contributed by atoms with Gasteiger partial charge in [0.15, 0.2) is 10.8 Å². The van der Waals surface area contributed by atoms with Crippen LogP contribution in [0.15, 0.2) is 58.8 Å². The Hall–Kier alpha value is -2.25. The summed E-state index contributed by atoms with van der Waals surface area (Å²) in [7, 11) is 0. The van der Waals surface area contributed by atoms with Gasteiger partial charge in [0.25, 0.3) is 0 Å². The molecule has 110 valence electrons. The average molecular weight is 307 g/mol. The van der Waals surface area contributed by atoms with Crippen LogP contribution in [0.25, 0.3) is 0 Å². The van der Waals surface area contributed by atoms with Crippen LogP contribution in [-0.2, 0) is 20.8 Å². The third-order valence-corrected chi connectivity index (χ3v) is 4.18. The Bertz CT molecular complexity index is 581. The van der Waals surface area contributed by atoms with Crippen molar-refractivity contribution in [3.8, 4) is 0 Å². The van der Waals surface area contributed by atoms with E-state index in [9.17, 15) is 14.1 Å². The maximum absolute atomic E-state index is 12.2. The van der Waals surface area contributed by atoms with E-state index in [2.05, 4.69) is 0 Å². The standard InChI is InChI=1S/C14H13NO5S/c16-13(17)10-6-11(14(18)19)8-15(7-10)9-21(20)12-4-2-1-3-5-12/h1-5,7-8H,6,9H2,(H,16,17)(H,18,19)/t21-/m1/s1. The van der Waals surface area contributed by atoms with Crippen LogP contribution < -0.4 is 0 Å². The van der Waals surface area contributed by atoms with E-state index in [0.29, 0.717) is 4.90 Å². The molecule has 0 spiro atoms. The molecular formula is C14H13NO5S. The van der Waals surface area contributed by atoms with Crippen LogP contribution in [0.2, 0.25) is 0 Å². The van der Waals surface area contributed by atoms with Crippen molar-refractivity contribution < 1.29 is 24.4 Å². The second-order valence-corrected chi connectivity index (χ2v) is 5.82. The lowest BCUT2D eigenvalue weighted by Gasteiger charge is -2.23. The molecule has 0 bridgehead atoms. The van der Waals surface area contributed by atoms with Crippen LogP contribution >= 0.6 is 0 Å². The van der Waals surface area contributed by atoms with Gasteiger partial charge in [-0.05, 0) is 12.1 Å². The van der Waals surface area contributed by atoms with Gasteiger partial charge in [0.05, 0.1) is 11.1 Å². The Morgan fingerprint density at radius 2 is 1.62 bits per heavy atom. The van der Waals surface area contributed by atoms with E-state index in [4.69, 9.17) is 10.2 Å². The molecule has 1 heterocycles. The molecular weight excluding hydrogens is 294 g/mol. The van der Waals surface area contributed by atoms with Gasteiger partial charge in [-0.15, -0.1) is 0 Å². The second-order valence-electron chi connectivity index (χ2n) is 4.40. The predicted molar refractivity (Wildman–Crippen MR) is 75.6 cm³/mol. The lowest BCUT2D eigenvalue weighted by atomic mass is 10.0. The number of nitrogens with zero attached hydrogens (tertiary/aromatic N) is 1. The van der Waals surface area contributed by atoms with Gasteiger partial charge in [-0.1, -0.05) is 18.2 Å². The molecule has 0 saturated heterocycles. The van der Waals surface area contributed by atoms with Gasteiger partial charge in [-0.25, -0.2) is 9.59 Å². The minimum atomic E-state index is -1.39. The molecule has 0 unspecified atom stereocenters. The molecule has 0 saturated carbocycles. The Morgan fingerprint density at radius 1 is 1.10 bits per heavy atom. The fourth-order valence-electron chi connectivity index (χ4n) is 1.85. The number of hydrogen-bond donors (Lipinski definition) is 2. The highest BCUT2D eigenvalue weighted by Gasteiger charge is 2.24. The Labute approximate surface area is 124 Å². The zero-order valence-electron chi connectivity index (χ0n) is 10.9. The average Bonchev–Trinajstić information content (AvgIpc) is 2.47. The van der Waals surface area contributed by atoms with Gasteiger partial charge in [0, 0.05) is 30.0 Å². The summed E-state index contributed by atoms with van der Waals surface area (Å²) in [4.78, 5) is 24.0. The SMILES string of the molecule is O=C(O)C1=CN(C[S@@+]([O-])c2ccccc2)C=C(C(=O)O)C1. The molecule has 1 aliphatic rings. The molecule has 1 aromatic rings. The van der Waals surface area contributed by atoms with Crippen molar-refractivity contribution in [2.75, 3.05) is 5.88 Å². The van der Waals surface area contributed by atoms with E-state index in [-0.39, 0.29) is 23.4 Å². The Morgan fingerprint density at radius 3 is 2.10 bits per heavy atom. The smallest absolute Gasteiger partial charge is 0.333 e. The summed E-state index contributed by atoms with van der Waals surface area (Å²) in [6.07, 6.45) is 2.48. The second kappa shape index (κ2) is 6.47. The summed E-state index contributed by atoms with van der Waals surface area (Å²) in [6, 6.07) is 8.70. The molecule has 0 aliphatic carbocycles. The first-order chi connectivity index (χ1) is 9.97. The number of rotatable bonds is 5. The quantitative estimate of drug-likeness (QED) is 0.797. The maximum atomic E-state index is 12.2. The molecule has 0 aromatic heterocycles. The predicted octanol–water partition coefficient (Wildman–Crippen LogP) is 1.39. The normalized spacial score (nSPS) is 16.0. The molecule has 2 N–H and O–H groups in total. The first-order valence-corrected chi connectivity index (χ1v) is 7.36. The summed E-state index contributed by atoms with van der Waals surface area (Å²) in [5, 5.41) is 18.0. The first-order valence-electron chi connectivity index (χ1n) is 6.04. The van der Waals surface area contributed by atoms with Crippen LogP contribution in [0.5, 0.6) is 0 Å². The fraction of sp³-hybridized carbons (Fsp3) is 0.143. The van der Waals surface area contributed by atoms with Crippen molar-refractivity contribution in [1.29, 1.82) is 0 Å². The minimum absolute atomic E-state index is 0.00241. The zero-order chi connectivity index (χ0) is 15.4. The van der Waals surface area contributed by atoms with Gasteiger partial charge in [-0.3, -0.25) is 0 Å². The molecule has 1 aliphatic heterocycles. The highest BCUT2D eigenvalue weighted by molar-refractivity contribution is 7.91. The fourth-order valence-corrected chi connectivity index (χ4v) is 2.88. The topological polar surface area (TPSA) is 101 Å².